The Kier molecular flexibility index (Phi) is 5.11. The van der Waals surface area contributed by atoms with Crippen molar-refractivity contribution in [1.82, 2.24) is 5.43 Å². The second-order valence-electron chi connectivity index (χ2n) is 4.80. The number of amides is 1. The Hall–Kier alpha value is -2.14. The van der Waals surface area contributed by atoms with Gasteiger partial charge in [0.1, 0.15) is 5.75 Å². The summed E-state index contributed by atoms with van der Waals surface area (Å²) in [6.07, 6.45) is 1.63. The Bertz CT molecular complexity index is 662. The molecule has 0 aliphatic rings. The number of rotatable bonds is 5. The van der Waals surface area contributed by atoms with Crippen LogP contribution in [0, 0.1) is 20.8 Å². The summed E-state index contributed by atoms with van der Waals surface area (Å²) in [5.41, 5.74) is 4.56. The van der Waals surface area contributed by atoms with E-state index in [0.29, 0.717) is 0 Å². The molecule has 0 bridgehead atoms. The molecule has 5 heteroatoms. The first-order chi connectivity index (χ1) is 10.0. The highest BCUT2D eigenvalue weighted by molar-refractivity contribution is 7.13. The first-order valence-corrected chi connectivity index (χ1v) is 7.44. The zero-order chi connectivity index (χ0) is 15.2. The van der Waals surface area contributed by atoms with Crippen LogP contribution in [-0.4, -0.2) is 18.7 Å². The van der Waals surface area contributed by atoms with E-state index in [2.05, 4.69) is 10.5 Å². The van der Waals surface area contributed by atoms with E-state index in [4.69, 9.17) is 4.74 Å². The molecule has 0 aliphatic heterocycles. The fraction of sp³-hybridized carbons (Fsp3) is 0.250. The van der Waals surface area contributed by atoms with Crippen molar-refractivity contribution in [2.45, 2.75) is 20.8 Å². The van der Waals surface area contributed by atoms with E-state index >= 15 is 0 Å². The molecule has 21 heavy (non-hydrogen) atoms. The van der Waals surface area contributed by atoms with E-state index in [9.17, 15) is 4.79 Å². The normalized spacial score (nSPS) is 10.8. The monoisotopic (exact) mass is 302 g/mol. The van der Waals surface area contributed by atoms with E-state index in [1.807, 2.05) is 51.1 Å². The van der Waals surface area contributed by atoms with Crippen LogP contribution < -0.4 is 10.2 Å². The summed E-state index contributed by atoms with van der Waals surface area (Å²) in [7, 11) is 0. The zero-order valence-corrected chi connectivity index (χ0v) is 13.2. The van der Waals surface area contributed by atoms with E-state index < -0.39 is 0 Å². The second kappa shape index (κ2) is 7.04. The molecule has 1 amide bonds. The molecule has 4 nitrogen and oxygen atoms in total. The van der Waals surface area contributed by atoms with Gasteiger partial charge in [0.2, 0.25) is 0 Å². The third kappa shape index (κ3) is 4.72. The van der Waals surface area contributed by atoms with Gasteiger partial charge in [-0.1, -0.05) is 12.1 Å². The predicted molar refractivity (Wildman–Crippen MR) is 86.2 cm³/mol. The van der Waals surface area contributed by atoms with Gasteiger partial charge in [-0.2, -0.15) is 5.10 Å². The van der Waals surface area contributed by atoms with E-state index in [1.165, 1.54) is 4.88 Å². The smallest absolute Gasteiger partial charge is 0.277 e. The van der Waals surface area contributed by atoms with Crippen molar-refractivity contribution in [2.24, 2.45) is 5.10 Å². The highest BCUT2D eigenvalue weighted by Gasteiger charge is 2.04. The zero-order valence-electron chi connectivity index (χ0n) is 12.3. The van der Waals surface area contributed by atoms with Gasteiger partial charge in [-0.05, 0) is 50.1 Å². The number of carbonyl (C=O) groups is 1. The Morgan fingerprint density at radius 2 is 2.10 bits per heavy atom. The molecule has 0 atom stereocenters. The second-order valence-corrected chi connectivity index (χ2v) is 6.12. The first-order valence-electron chi connectivity index (χ1n) is 6.63. The SMILES string of the molecule is Cc1ccc(C)c(OCC(=O)N/N=C/c2ccc(C)s2)c1. The molecule has 1 heterocycles. The van der Waals surface area contributed by atoms with Crippen molar-refractivity contribution in [3.8, 4) is 5.75 Å². The molecule has 1 aromatic carbocycles. The molecule has 2 rings (SSSR count). The largest absolute Gasteiger partial charge is 0.483 e. The number of hydrazone groups is 1. The Morgan fingerprint density at radius 3 is 2.81 bits per heavy atom. The third-order valence-corrected chi connectivity index (χ3v) is 3.78. The van der Waals surface area contributed by atoms with Crippen molar-refractivity contribution in [3.63, 3.8) is 0 Å². The van der Waals surface area contributed by atoms with E-state index in [1.54, 1.807) is 17.6 Å². The molecule has 0 radical (unpaired) electrons. The van der Waals surface area contributed by atoms with Crippen molar-refractivity contribution in [3.05, 3.63) is 51.2 Å². The molecule has 0 aliphatic carbocycles. The van der Waals surface area contributed by atoms with Crippen LogP contribution in [0.15, 0.2) is 35.4 Å². The van der Waals surface area contributed by atoms with Crippen LogP contribution in [0.1, 0.15) is 20.9 Å². The van der Waals surface area contributed by atoms with Gasteiger partial charge in [0, 0.05) is 9.75 Å². The fourth-order valence-electron chi connectivity index (χ4n) is 1.73. The standard InChI is InChI=1S/C16H18N2O2S/c1-11-4-5-12(2)15(8-11)20-10-16(19)18-17-9-14-7-6-13(3)21-14/h4-9H,10H2,1-3H3,(H,18,19)/b17-9+. The van der Waals surface area contributed by atoms with Crippen LogP contribution in [0.2, 0.25) is 0 Å². The highest BCUT2D eigenvalue weighted by atomic mass is 32.1. The molecular weight excluding hydrogens is 284 g/mol. The van der Waals surface area contributed by atoms with Gasteiger partial charge >= 0.3 is 0 Å². The van der Waals surface area contributed by atoms with Gasteiger partial charge in [0.25, 0.3) is 5.91 Å². The number of nitrogens with one attached hydrogen (secondary N) is 1. The van der Waals surface area contributed by atoms with Crippen molar-refractivity contribution in [1.29, 1.82) is 0 Å². The maximum absolute atomic E-state index is 11.7. The lowest BCUT2D eigenvalue weighted by atomic mass is 10.1. The summed E-state index contributed by atoms with van der Waals surface area (Å²) in [6, 6.07) is 9.87. The average Bonchev–Trinajstić information content (AvgIpc) is 2.85. The van der Waals surface area contributed by atoms with Gasteiger partial charge in [0.15, 0.2) is 6.61 Å². The Balaban J connectivity index is 1.82. The predicted octanol–water partition coefficient (Wildman–Crippen LogP) is 3.20. The number of benzene rings is 1. The number of carbonyl (C=O) groups excluding carboxylic acids is 1. The summed E-state index contributed by atoms with van der Waals surface area (Å²) in [4.78, 5) is 13.9. The maximum Gasteiger partial charge on any atom is 0.277 e. The minimum absolute atomic E-state index is 0.0505. The lowest BCUT2D eigenvalue weighted by Gasteiger charge is -2.08. The van der Waals surface area contributed by atoms with Crippen LogP contribution in [0.4, 0.5) is 0 Å². The Labute approximate surface area is 128 Å². The topological polar surface area (TPSA) is 50.7 Å². The molecule has 0 fully saturated rings. The van der Waals surface area contributed by atoms with Crippen molar-refractivity contribution < 1.29 is 9.53 Å². The molecule has 1 N–H and O–H groups in total. The first kappa shape index (κ1) is 15.3. The highest BCUT2D eigenvalue weighted by Crippen LogP contribution is 2.18. The number of thiophene rings is 1. The van der Waals surface area contributed by atoms with Crippen LogP contribution >= 0.6 is 11.3 Å². The number of hydrogen-bond donors (Lipinski definition) is 1. The lowest BCUT2D eigenvalue weighted by molar-refractivity contribution is -0.123. The summed E-state index contributed by atoms with van der Waals surface area (Å²) in [5, 5.41) is 3.91. The van der Waals surface area contributed by atoms with Gasteiger partial charge in [-0.3, -0.25) is 4.79 Å². The van der Waals surface area contributed by atoms with Gasteiger partial charge in [0.05, 0.1) is 6.21 Å². The number of nitrogens with zero attached hydrogens (tertiary/aromatic N) is 1. The number of ether oxygens (including phenoxy) is 1. The third-order valence-electron chi connectivity index (χ3n) is 2.84. The van der Waals surface area contributed by atoms with Crippen LogP contribution in [-0.2, 0) is 4.79 Å². The molecule has 0 saturated heterocycles. The molecule has 0 saturated carbocycles. The Morgan fingerprint density at radius 1 is 1.29 bits per heavy atom. The van der Waals surface area contributed by atoms with Crippen LogP contribution in [0.5, 0.6) is 5.75 Å². The van der Waals surface area contributed by atoms with Crippen molar-refractivity contribution in [2.75, 3.05) is 6.61 Å². The molecular formula is C16H18N2O2S. The number of aryl methyl sites for hydroxylation is 3. The van der Waals surface area contributed by atoms with Gasteiger partial charge in [-0.25, -0.2) is 5.43 Å². The van der Waals surface area contributed by atoms with E-state index in [-0.39, 0.29) is 12.5 Å². The van der Waals surface area contributed by atoms with Crippen molar-refractivity contribution >= 4 is 23.5 Å². The lowest BCUT2D eigenvalue weighted by Crippen LogP contribution is -2.24. The van der Waals surface area contributed by atoms with Gasteiger partial charge < -0.3 is 4.74 Å². The minimum Gasteiger partial charge on any atom is -0.483 e. The maximum atomic E-state index is 11.7. The summed E-state index contributed by atoms with van der Waals surface area (Å²) < 4.78 is 5.50. The molecule has 0 unspecified atom stereocenters. The molecule has 2 aromatic rings. The fourth-order valence-corrected chi connectivity index (χ4v) is 2.48. The van der Waals surface area contributed by atoms with Crippen LogP contribution in [0.3, 0.4) is 0 Å². The molecule has 110 valence electrons. The molecule has 1 aromatic heterocycles. The summed E-state index contributed by atoms with van der Waals surface area (Å²) in [5.74, 6) is 0.448. The molecule has 0 spiro atoms. The van der Waals surface area contributed by atoms with E-state index in [0.717, 1.165) is 21.8 Å². The quantitative estimate of drug-likeness (QED) is 0.681. The van der Waals surface area contributed by atoms with Gasteiger partial charge in [-0.15, -0.1) is 11.3 Å². The summed E-state index contributed by atoms with van der Waals surface area (Å²) in [6.45, 7) is 5.91. The number of hydrogen-bond acceptors (Lipinski definition) is 4. The average molecular weight is 302 g/mol. The minimum atomic E-state index is -0.277. The van der Waals surface area contributed by atoms with Crippen LogP contribution in [0.25, 0.3) is 0 Å². The summed E-state index contributed by atoms with van der Waals surface area (Å²) >= 11 is 1.62.